The van der Waals surface area contributed by atoms with Crippen LogP contribution in [-0.2, 0) is 31.0 Å². The van der Waals surface area contributed by atoms with Gasteiger partial charge in [0, 0.05) is 34.9 Å². The molecule has 0 aliphatic carbocycles. The molecule has 0 bridgehead atoms. The van der Waals surface area contributed by atoms with Gasteiger partial charge in [0.1, 0.15) is 12.4 Å². The minimum absolute atomic E-state index is 0. The van der Waals surface area contributed by atoms with Gasteiger partial charge in [0.25, 0.3) is 5.56 Å². The van der Waals surface area contributed by atoms with E-state index in [4.69, 9.17) is 28.9 Å². The molecule has 0 unspecified atom stereocenters. The molecule has 2 aromatic carbocycles. The van der Waals surface area contributed by atoms with Crippen LogP contribution in [0, 0.1) is 12.7 Å². The number of nitrogens with two attached hydrogens (primary N) is 1. The van der Waals surface area contributed by atoms with E-state index in [1.54, 1.807) is 25.1 Å². The molecule has 1 aromatic heterocycles. The molecule has 0 saturated heterocycles. The first-order valence-electron chi connectivity index (χ1n) is 9.95. The van der Waals surface area contributed by atoms with Crippen molar-refractivity contribution < 1.29 is 9.18 Å². The first-order chi connectivity index (χ1) is 15.7. The Kier molecular flexibility index (Phi) is 9.69. The summed E-state index contributed by atoms with van der Waals surface area (Å²) in [5.41, 5.74) is 9.28. The largest absolute Gasteiger partial charge is 0.350 e. The number of carbonyl (C=O) groups is 1. The smallest absolute Gasteiger partial charge is 0.350 e. The van der Waals surface area contributed by atoms with E-state index < -0.39 is 23.0 Å². The molecule has 0 fully saturated rings. The Morgan fingerprint density at radius 1 is 1.03 bits per heavy atom. The van der Waals surface area contributed by atoms with Gasteiger partial charge in [-0.2, -0.15) is 4.68 Å². The Morgan fingerprint density at radius 3 is 2.47 bits per heavy atom. The number of hydrogen-bond donors (Lipinski definition) is 3. The van der Waals surface area contributed by atoms with Crippen LogP contribution in [0.4, 0.5) is 4.39 Å². The summed E-state index contributed by atoms with van der Waals surface area (Å²) in [6.07, 6.45) is 0. The van der Waals surface area contributed by atoms with E-state index in [9.17, 15) is 18.8 Å². The Labute approximate surface area is 210 Å². The monoisotopic (exact) mass is 529 g/mol. The molecule has 8 nitrogen and oxygen atoms in total. The maximum absolute atomic E-state index is 13.5. The molecule has 3 aromatic rings. The summed E-state index contributed by atoms with van der Waals surface area (Å²) in [5, 5.41) is 3.52. The maximum Gasteiger partial charge on any atom is 0.350 e. The van der Waals surface area contributed by atoms with Gasteiger partial charge in [0.2, 0.25) is 5.91 Å². The molecule has 34 heavy (non-hydrogen) atoms. The number of hydrogen-bond acceptors (Lipinski definition) is 5. The van der Waals surface area contributed by atoms with Gasteiger partial charge in [-0.25, -0.2) is 9.18 Å². The maximum atomic E-state index is 13.5. The second kappa shape index (κ2) is 12.0. The number of benzene rings is 2. The number of halogens is 4. The molecule has 0 aliphatic heterocycles. The molecule has 182 valence electrons. The quantitative estimate of drug-likeness (QED) is 0.415. The van der Waals surface area contributed by atoms with Crippen molar-refractivity contribution in [2.24, 2.45) is 5.73 Å². The first-order valence-corrected chi connectivity index (χ1v) is 10.7. The molecular formula is C22H23Cl3FN5O3. The average Bonchev–Trinajstić information content (AvgIpc) is 2.77. The van der Waals surface area contributed by atoms with Gasteiger partial charge in [0.15, 0.2) is 0 Å². The zero-order chi connectivity index (χ0) is 24.1. The lowest BCUT2D eigenvalue weighted by atomic mass is 10.1. The fourth-order valence-corrected chi connectivity index (χ4v) is 3.60. The van der Waals surface area contributed by atoms with Crippen LogP contribution >= 0.6 is 35.6 Å². The summed E-state index contributed by atoms with van der Waals surface area (Å²) >= 11 is 12.1. The second-order valence-corrected chi connectivity index (χ2v) is 8.14. The first kappa shape index (κ1) is 27.4. The fourth-order valence-electron chi connectivity index (χ4n) is 3.22. The molecule has 1 amide bonds. The third-order valence-corrected chi connectivity index (χ3v) is 5.61. The Bertz CT molecular complexity index is 1310. The number of rotatable bonds is 8. The van der Waals surface area contributed by atoms with Crippen molar-refractivity contribution in [3.05, 3.63) is 102 Å². The van der Waals surface area contributed by atoms with Crippen LogP contribution in [0.25, 0.3) is 0 Å². The van der Waals surface area contributed by atoms with Crippen molar-refractivity contribution in [1.29, 1.82) is 0 Å². The highest BCUT2D eigenvalue weighted by molar-refractivity contribution is 6.31. The molecule has 0 saturated carbocycles. The van der Waals surface area contributed by atoms with E-state index in [-0.39, 0.29) is 43.6 Å². The van der Waals surface area contributed by atoms with Crippen molar-refractivity contribution in [1.82, 2.24) is 14.6 Å². The highest BCUT2D eigenvalue weighted by Gasteiger charge is 2.13. The summed E-state index contributed by atoms with van der Waals surface area (Å²) in [6, 6.07) is 10.2. The molecule has 1 heterocycles. The minimum Gasteiger partial charge on any atom is -0.350 e. The summed E-state index contributed by atoms with van der Waals surface area (Å²) in [6.45, 7) is 1.62. The van der Waals surface area contributed by atoms with E-state index in [1.807, 2.05) is 0 Å². The summed E-state index contributed by atoms with van der Waals surface area (Å²) in [4.78, 5) is 37.8. The SMILES string of the molecule is Cc1cc(=O)n(NCc2cc(F)ccc2Cl)c(=O)n1CC(=O)NCc1cc(Cl)ccc1CN.Cl. The van der Waals surface area contributed by atoms with Crippen molar-refractivity contribution in [3.8, 4) is 0 Å². The van der Waals surface area contributed by atoms with Gasteiger partial charge >= 0.3 is 5.69 Å². The lowest BCUT2D eigenvalue weighted by Crippen LogP contribution is -2.46. The molecular weight excluding hydrogens is 508 g/mol. The predicted octanol–water partition coefficient (Wildman–Crippen LogP) is 2.70. The third kappa shape index (κ3) is 6.60. The van der Waals surface area contributed by atoms with Crippen LogP contribution in [0.3, 0.4) is 0 Å². The molecule has 0 spiro atoms. The van der Waals surface area contributed by atoms with Crippen LogP contribution in [0.15, 0.2) is 52.1 Å². The normalized spacial score (nSPS) is 10.5. The second-order valence-electron chi connectivity index (χ2n) is 7.29. The van der Waals surface area contributed by atoms with Crippen molar-refractivity contribution in [3.63, 3.8) is 0 Å². The molecule has 12 heteroatoms. The van der Waals surface area contributed by atoms with E-state index in [0.717, 1.165) is 20.4 Å². The van der Waals surface area contributed by atoms with Crippen molar-refractivity contribution >= 4 is 41.5 Å². The van der Waals surface area contributed by atoms with Crippen molar-refractivity contribution in [2.45, 2.75) is 33.1 Å². The lowest BCUT2D eigenvalue weighted by Gasteiger charge is -2.15. The standard InChI is InChI=1S/C22H22Cl2FN5O3.ClH/c1-13-6-21(32)30(28-11-16-8-18(25)4-5-19(16)24)22(33)29(13)12-20(31)27-10-15-7-17(23)3-2-14(15)9-26;/h2-8,28H,9-12,26H2,1H3,(H,27,31);1H. The van der Waals surface area contributed by atoms with Crippen LogP contribution in [0.2, 0.25) is 10.0 Å². The van der Waals surface area contributed by atoms with E-state index >= 15 is 0 Å². The molecule has 4 N–H and O–H groups in total. The van der Waals surface area contributed by atoms with Gasteiger partial charge in [-0.15, -0.1) is 12.4 Å². The third-order valence-electron chi connectivity index (χ3n) is 5.00. The number of amides is 1. The van der Waals surface area contributed by atoms with Crippen LogP contribution < -0.4 is 27.7 Å². The number of carbonyl (C=O) groups excluding carboxylic acids is 1. The average molecular weight is 531 g/mol. The zero-order valence-electron chi connectivity index (χ0n) is 18.1. The van der Waals surface area contributed by atoms with Crippen LogP contribution in [0.1, 0.15) is 22.4 Å². The van der Waals surface area contributed by atoms with Gasteiger partial charge < -0.3 is 16.5 Å². The van der Waals surface area contributed by atoms with E-state index in [1.165, 1.54) is 24.3 Å². The van der Waals surface area contributed by atoms with E-state index in [0.29, 0.717) is 16.3 Å². The van der Waals surface area contributed by atoms with Gasteiger partial charge in [0.05, 0.1) is 6.54 Å². The minimum atomic E-state index is -0.743. The van der Waals surface area contributed by atoms with E-state index in [2.05, 4.69) is 10.7 Å². The molecule has 3 rings (SSSR count). The number of nitrogens with one attached hydrogen (secondary N) is 2. The summed E-state index contributed by atoms with van der Waals surface area (Å²) in [5.74, 6) is -0.944. The topological polar surface area (TPSA) is 111 Å². The molecule has 0 atom stereocenters. The number of aromatic nitrogens is 2. The molecule has 0 aliphatic rings. The van der Waals surface area contributed by atoms with Crippen molar-refractivity contribution in [2.75, 3.05) is 5.43 Å². The summed E-state index contributed by atoms with van der Waals surface area (Å²) in [7, 11) is 0. The Hall–Kier alpha value is -2.85. The number of aryl methyl sites for hydroxylation is 1. The zero-order valence-corrected chi connectivity index (χ0v) is 20.4. The Morgan fingerprint density at radius 2 is 1.76 bits per heavy atom. The van der Waals surface area contributed by atoms with Gasteiger partial charge in [-0.3, -0.25) is 14.2 Å². The molecule has 0 radical (unpaired) electrons. The Balaban J connectivity index is 0.00000408. The van der Waals surface area contributed by atoms with Crippen LogP contribution in [0.5, 0.6) is 0 Å². The van der Waals surface area contributed by atoms with Gasteiger partial charge in [-0.1, -0.05) is 29.3 Å². The fraction of sp³-hybridized carbons (Fsp3) is 0.227. The predicted molar refractivity (Wildman–Crippen MR) is 133 cm³/mol. The lowest BCUT2D eigenvalue weighted by molar-refractivity contribution is -0.121. The van der Waals surface area contributed by atoms with Crippen LogP contribution in [-0.4, -0.2) is 15.2 Å². The van der Waals surface area contributed by atoms with Gasteiger partial charge in [-0.05, 0) is 53.9 Å². The number of nitrogens with zero attached hydrogens (tertiary/aromatic N) is 2. The summed E-state index contributed by atoms with van der Waals surface area (Å²) < 4.78 is 15.4. The highest BCUT2D eigenvalue weighted by atomic mass is 35.5. The highest BCUT2D eigenvalue weighted by Crippen LogP contribution is 2.17.